The molecule has 0 aliphatic carbocycles. The van der Waals surface area contributed by atoms with Gasteiger partial charge in [0, 0.05) is 5.56 Å². The molecule has 1 aromatic heterocycles. The van der Waals surface area contributed by atoms with E-state index in [0.717, 1.165) is 36.5 Å². The molecule has 0 aliphatic rings. The molecule has 1 heterocycles. The zero-order valence-electron chi connectivity index (χ0n) is 22.7. The monoisotopic (exact) mass is 501 g/mol. The first-order valence-corrected chi connectivity index (χ1v) is 14.2. The number of unbranched alkanes of at least 4 members (excludes halogenated alkanes) is 9. The SMILES string of the molecule is CCCCCCCCCOc1ccc(-c2ccc(OC(=O)c3ccc(CCCCCC)cc3)cn2)cc1. The first-order chi connectivity index (χ1) is 18.2. The molecule has 0 N–H and O–H groups in total. The molecular weight excluding hydrogens is 458 g/mol. The highest BCUT2D eigenvalue weighted by atomic mass is 16.5. The largest absolute Gasteiger partial charge is 0.494 e. The summed E-state index contributed by atoms with van der Waals surface area (Å²) in [4.78, 5) is 17.0. The summed E-state index contributed by atoms with van der Waals surface area (Å²) in [6.45, 7) is 5.22. The Hall–Kier alpha value is -3.14. The summed E-state index contributed by atoms with van der Waals surface area (Å²) < 4.78 is 11.4. The molecule has 0 saturated carbocycles. The lowest BCUT2D eigenvalue weighted by Gasteiger charge is -2.08. The highest BCUT2D eigenvalue weighted by Crippen LogP contribution is 2.23. The van der Waals surface area contributed by atoms with Crippen LogP contribution in [0.25, 0.3) is 11.3 Å². The number of pyridine rings is 1. The molecule has 2 aromatic carbocycles. The van der Waals surface area contributed by atoms with Gasteiger partial charge in [0.05, 0.1) is 24.1 Å². The smallest absolute Gasteiger partial charge is 0.343 e. The summed E-state index contributed by atoms with van der Waals surface area (Å²) in [5.74, 6) is 0.953. The van der Waals surface area contributed by atoms with E-state index in [2.05, 4.69) is 18.8 Å². The average Bonchev–Trinajstić information content (AvgIpc) is 2.94. The van der Waals surface area contributed by atoms with Gasteiger partial charge < -0.3 is 9.47 Å². The molecule has 0 amide bonds. The molecule has 4 heteroatoms. The molecule has 0 spiro atoms. The second kappa shape index (κ2) is 16.6. The van der Waals surface area contributed by atoms with E-state index in [9.17, 15) is 4.79 Å². The van der Waals surface area contributed by atoms with Crippen molar-refractivity contribution in [1.29, 1.82) is 0 Å². The van der Waals surface area contributed by atoms with Gasteiger partial charge in [-0.3, -0.25) is 4.98 Å². The number of benzene rings is 2. The van der Waals surface area contributed by atoms with E-state index in [4.69, 9.17) is 9.47 Å². The molecule has 0 saturated heterocycles. The minimum absolute atomic E-state index is 0.366. The molecular formula is C33H43NO3. The Labute approximate surface area is 223 Å². The maximum absolute atomic E-state index is 12.5. The number of aromatic nitrogens is 1. The highest BCUT2D eigenvalue weighted by Gasteiger charge is 2.10. The van der Waals surface area contributed by atoms with Gasteiger partial charge in [-0.05, 0) is 73.4 Å². The molecule has 0 unspecified atom stereocenters. The Morgan fingerprint density at radius 1 is 0.676 bits per heavy atom. The molecule has 3 rings (SSSR count). The molecule has 0 atom stereocenters. The molecule has 198 valence electrons. The third kappa shape index (κ3) is 10.4. The maximum Gasteiger partial charge on any atom is 0.343 e. The molecule has 0 radical (unpaired) electrons. The number of rotatable bonds is 17. The number of carbonyl (C=O) groups is 1. The van der Waals surface area contributed by atoms with Crippen molar-refractivity contribution < 1.29 is 14.3 Å². The zero-order chi connectivity index (χ0) is 26.1. The van der Waals surface area contributed by atoms with Crippen LogP contribution >= 0.6 is 0 Å². The highest BCUT2D eigenvalue weighted by molar-refractivity contribution is 5.91. The summed E-state index contributed by atoms with van der Waals surface area (Å²) >= 11 is 0. The van der Waals surface area contributed by atoms with Crippen molar-refractivity contribution in [2.24, 2.45) is 0 Å². The quantitative estimate of drug-likeness (QED) is 0.137. The Morgan fingerprint density at radius 2 is 1.30 bits per heavy atom. The van der Waals surface area contributed by atoms with Crippen LogP contribution in [-0.4, -0.2) is 17.6 Å². The van der Waals surface area contributed by atoms with E-state index >= 15 is 0 Å². The number of ether oxygens (including phenoxy) is 2. The third-order valence-corrected chi connectivity index (χ3v) is 6.62. The fraction of sp³-hybridized carbons (Fsp3) is 0.455. The number of carbonyl (C=O) groups excluding carboxylic acids is 1. The van der Waals surface area contributed by atoms with Crippen molar-refractivity contribution in [3.8, 4) is 22.8 Å². The van der Waals surface area contributed by atoms with E-state index in [1.807, 2.05) is 54.6 Å². The first-order valence-electron chi connectivity index (χ1n) is 14.2. The standard InChI is InChI=1S/C33H43NO3/c1-3-5-7-9-10-11-13-25-36-30-21-19-28(20-22-30)32-24-23-31(26-34-32)37-33(35)29-17-15-27(16-18-29)14-12-8-6-4-2/h15-24,26H,3-14,25H2,1-2H3. The van der Waals surface area contributed by atoms with Gasteiger partial charge in [-0.2, -0.15) is 0 Å². The van der Waals surface area contributed by atoms with Crippen molar-refractivity contribution in [3.63, 3.8) is 0 Å². The van der Waals surface area contributed by atoms with Crippen LogP contribution in [0, 0.1) is 0 Å². The predicted molar refractivity (Wildman–Crippen MR) is 152 cm³/mol. The number of nitrogens with zero attached hydrogens (tertiary/aromatic N) is 1. The number of esters is 1. The average molecular weight is 502 g/mol. The minimum Gasteiger partial charge on any atom is -0.494 e. The summed E-state index contributed by atoms with van der Waals surface area (Å²) in [7, 11) is 0. The summed E-state index contributed by atoms with van der Waals surface area (Å²) in [5, 5.41) is 0. The molecule has 4 nitrogen and oxygen atoms in total. The van der Waals surface area contributed by atoms with Gasteiger partial charge in [-0.25, -0.2) is 4.79 Å². The van der Waals surface area contributed by atoms with Gasteiger partial charge in [0.2, 0.25) is 0 Å². The second-order valence-electron chi connectivity index (χ2n) is 9.77. The van der Waals surface area contributed by atoms with Crippen molar-refractivity contribution >= 4 is 5.97 Å². The van der Waals surface area contributed by atoms with Crippen molar-refractivity contribution in [2.45, 2.75) is 90.9 Å². The van der Waals surface area contributed by atoms with E-state index in [1.165, 1.54) is 69.8 Å². The van der Waals surface area contributed by atoms with Crippen molar-refractivity contribution in [3.05, 3.63) is 78.0 Å². The van der Waals surface area contributed by atoms with Crippen LogP contribution in [0.3, 0.4) is 0 Å². The van der Waals surface area contributed by atoms with Gasteiger partial charge in [-0.1, -0.05) is 83.8 Å². The fourth-order valence-electron chi connectivity index (χ4n) is 4.31. The Morgan fingerprint density at radius 3 is 1.95 bits per heavy atom. The van der Waals surface area contributed by atoms with E-state index in [-0.39, 0.29) is 5.97 Å². The molecule has 3 aromatic rings. The van der Waals surface area contributed by atoms with E-state index in [1.54, 1.807) is 12.3 Å². The lowest BCUT2D eigenvalue weighted by molar-refractivity contribution is 0.0734. The Balaban J connectivity index is 1.42. The van der Waals surface area contributed by atoms with Crippen LogP contribution in [0.2, 0.25) is 0 Å². The number of hydrogen-bond acceptors (Lipinski definition) is 4. The van der Waals surface area contributed by atoms with E-state index in [0.29, 0.717) is 11.3 Å². The summed E-state index contributed by atoms with van der Waals surface area (Å²) in [5.41, 5.74) is 3.63. The van der Waals surface area contributed by atoms with Gasteiger partial charge >= 0.3 is 5.97 Å². The number of aryl methyl sites for hydroxylation is 1. The van der Waals surface area contributed by atoms with Gasteiger partial charge in [-0.15, -0.1) is 0 Å². The molecule has 0 fully saturated rings. The third-order valence-electron chi connectivity index (χ3n) is 6.62. The fourth-order valence-corrected chi connectivity index (χ4v) is 4.31. The Bertz CT molecular complexity index is 1030. The lowest BCUT2D eigenvalue weighted by Crippen LogP contribution is -2.08. The van der Waals surface area contributed by atoms with Gasteiger partial charge in [0.25, 0.3) is 0 Å². The van der Waals surface area contributed by atoms with Crippen LogP contribution in [0.5, 0.6) is 11.5 Å². The summed E-state index contributed by atoms with van der Waals surface area (Å²) in [6.07, 6.45) is 16.5. The first kappa shape index (κ1) is 28.4. The topological polar surface area (TPSA) is 48.4 Å². The van der Waals surface area contributed by atoms with Gasteiger partial charge in [0.15, 0.2) is 0 Å². The Kier molecular flexibility index (Phi) is 12.7. The zero-order valence-corrected chi connectivity index (χ0v) is 22.7. The van der Waals surface area contributed by atoms with Crippen molar-refractivity contribution in [1.82, 2.24) is 4.98 Å². The van der Waals surface area contributed by atoms with Crippen LogP contribution in [0.4, 0.5) is 0 Å². The van der Waals surface area contributed by atoms with Crippen molar-refractivity contribution in [2.75, 3.05) is 6.61 Å². The molecule has 37 heavy (non-hydrogen) atoms. The predicted octanol–water partition coefficient (Wildman–Crippen LogP) is 9.22. The van der Waals surface area contributed by atoms with Crippen LogP contribution in [-0.2, 0) is 6.42 Å². The minimum atomic E-state index is -0.366. The molecule has 0 bridgehead atoms. The van der Waals surface area contributed by atoms with E-state index < -0.39 is 0 Å². The number of hydrogen-bond donors (Lipinski definition) is 0. The van der Waals surface area contributed by atoms with Crippen LogP contribution in [0.1, 0.15) is 100 Å². The summed E-state index contributed by atoms with van der Waals surface area (Å²) in [6, 6.07) is 19.4. The van der Waals surface area contributed by atoms with Crippen LogP contribution in [0.15, 0.2) is 66.9 Å². The molecule has 0 aliphatic heterocycles. The second-order valence-corrected chi connectivity index (χ2v) is 9.77. The normalized spacial score (nSPS) is 10.9. The lowest BCUT2D eigenvalue weighted by atomic mass is 10.0. The van der Waals surface area contributed by atoms with Crippen LogP contribution < -0.4 is 9.47 Å². The maximum atomic E-state index is 12.5. The van der Waals surface area contributed by atoms with Gasteiger partial charge in [0.1, 0.15) is 11.5 Å².